The van der Waals surface area contributed by atoms with Crippen molar-refractivity contribution in [3.05, 3.63) is 83.4 Å². The van der Waals surface area contributed by atoms with Gasteiger partial charge in [-0.25, -0.2) is 13.2 Å². The average Bonchev–Trinajstić information content (AvgIpc) is 3.45. The Kier molecular flexibility index (Phi) is 17.2. The highest BCUT2D eigenvalue weighted by Crippen LogP contribution is 2.22. The van der Waals surface area contributed by atoms with Gasteiger partial charge in [0.25, 0.3) is 0 Å². The highest BCUT2D eigenvalue weighted by molar-refractivity contribution is 7.93. The van der Waals surface area contributed by atoms with Gasteiger partial charge in [-0.05, 0) is 71.6 Å². The van der Waals surface area contributed by atoms with E-state index in [0.717, 1.165) is 22.6 Å². The maximum absolute atomic E-state index is 14.0. The summed E-state index contributed by atoms with van der Waals surface area (Å²) in [5.41, 5.74) is 0.716. The molecule has 17 heteroatoms. The number of carbonyl (C=O) groups is 6. The SMILES string of the molecule is Cn1cc(C[C@H](NC(=O)[C@H](CCC(=O)OC(C)(C)C)NC(=O)OCc2ccccc2)C(=O)NCC(=O)N[C@H](/C=C/S(C)(=O)=O)CCC(=O)OC(C)(C)C)c2ccccc21. The lowest BCUT2D eigenvalue weighted by molar-refractivity contribution is -0.156. The van der Waals surface area contributed by atoms with Crippen LogP contribution in [0.2, 0.25) is 0 Å². The maximum atomic E-state index is 14.0. The molecule has 4 N–H and O–H groups in total. The number of rotatable bonds is 19. The molecule has 1 aromatic heterocycles. The number of amides is 4. The Hall–Kier alpha value is -5.71. The van der Waals surface area contributed by atoms with Crippen LogP contribution in [0.4, 0.5) is 4.79 Å². The minimum Gasteiger partial charge on any atom is -0.460 e. The molecule has 0 fully saturated rings. The third-order valence-electron chi connectivity index (χ3n) is 8.32. The largest absolute Gasteiger partial charge is 0.460 e. The summed E-state index contributed by atoms with van der Waals surface area (Å²) >= 11 is 0. The molecule has 3 atom stereocenters. The molecule has 0 aliphatic carbocycles. The summed E-state index contributed by atoms with van der Waals surface area (Å²) in [5, 5.41) is 12.1. The highest BCUT2D eigenvalue weighted by Gasteiger charge is 2.30. The molecule has 0 radical (unpaired) electrons. The zero-order valence-corrected chi connectivity index (χ0v) is 35.8. The average molecular weight is 840 g/mol. The van der Waals surface area contributed by atoms with E-state index in [1.165, 1.54) is 6.08 Å². The number of alkyl carbamates (subject to hydrolysis) is 1. The van der Waals surface area contributed by atoms with Gasteiger partial charge in [0.2, 0.25) is 17.7 Å². The third-order valence-corrected chi connectivity index (χ3v) is 8.97. The number of fused-ring (bicyclic) bond motifs is 1. The molecule has 2 aromatic carbocycles. The van der Waals surface area contributed by atoms with Crippen molar-refractivity contribution in [3.63, 3.8) is 0 Å². The van der Waals surface area contributed by atoms with Gasteiger partial charge in [-0.1, -0.05) is 54.6 Å². The van der Waals surface area contributed by atoms with Gasteiger partial charge >= 0.3 is 18.0 Å². The number of aryl methyl sites for hydroxylation is 1. The van der Waals surface area contributed by atoms with Gasteiger partial charge in [0.15, 0.2) is 9.84 Å². The fraction of sp³-hybridized carbons (Fsp3) is 0.476. The molecule has 1 heterocycles. The van der Waals surface area contributed by atoms with Gasteiger partial charge < -0.3 is 40.0 Å². The molecule has 322 valence electrons. The smallest absolute Gasteiger partial charge is 0.408 e. The molecule has 0 aliphatic rings. The lowest BCUT2D eigenvalue weighted by atomic mass is 10.0. The van der Waals surface area contributed by atoms with E-state index in [9.17, 15) is 37.2 Å². The van der Waals surface area contributed by atoms with E-state index in [4.69, 9.17) is 14.2 Å². The Labute approximate surface area is 345 Å². The van der Waals surface area contributed by atoms with Gasteiger partial charge in [-0.15, -0.1) is 0 Å². The zero-order valence-electron chi connectivity index (χ0n) is 35.0. The van der Waals surface area contributed by atoms with E-state index in [1.54, 1.807) is 65.8 Å². The topological polar surface area (TPSA) is 217 Å². The number of carbonyl (C=O) groups excluding carboxylic acids is 6. The van der Waals surface area contributed by atoms with E-state index < -0.39 is 81.5 Å². The first-order chi connectivity index (χ1) is 27.5. The lowest BCUT2D eigenvalue weighted by Gasteiger charge is -2.24. The summed E-state index contributed by atoms with van der Waals surface area (Å²) in [7, 11) is -1.75. The van der Waals surface area contributed by atoms with Crippen LogP contribution in [0.5, 0.6) is 0 Å². The number of aromatic nitrogens is 1. The third kappa shape index (κ3) is 18.2. The molecule has 0 unspecified atom stereocenters. The van der Waals surface area contributed by atoms with Crippen molar-refractivity contribution in [1.29, 1.82) is 0 Å². The molecule has 0 spiro atoms. The normalized spacial score (nSPS) is 13.5. The number of para-hydroxylation sites is 1. The predicted octanol–water partition coefficient (Wildman–Crippen LogP) is 3.90. The van der Waals surface area contributed by atoms with Gasteiger partial charge in [0, 0.05) is 61.1 Å². The van der Waals surface area contributed by atoms with Crippen LogP contribution in [0.25, 0.3) is 10.9 Å². The maximum Gasteiger partial charge on any atom is 0.408 e. The number of esters is 2. The number of benzene rings is 2. The van der Waals surface area contributed by atoms with Crippen LogP contribution in [0.3, 0.4) is 0 Å². The lowest BCUT2D eigenvalue weighted by Crippen LogP contribution is -2.55. The summed E-state index contributed by atoms with van der Waals surface area (Å²) in [6.07, 6.45) is 2.48. The van der Waals surface area contributed by atoms with Crippen molar-refractivity contribution in [2.45, 2.75) is 110 Å². The van der Waals surface area contributed by atoms with Crippen LogP contribution in [0, 0.1) is 0 Å². The van der Waals surface area contributed by atoms with Crippen molar-refractivity contribution in [2.24, 2.45) is 7.05 Å². The van der Waals surface area contributed by atoms with Gasteiger partial charge in [0.1, 0.15) is 29.9 Å². The van der Waals surface area contributed by atoms with E-state index in [-0.39, 0.29) is 38.7 Å². The Balaban J connectivity index is 1.83. The Morgan fingerprint density at radius 1 is 0.763 bits per heavy atom. The van der Waals surface area contributed by atoms with Crippen LogP contribution in [-0.2, 0) is 68.1 Å². The zero-order chi connectivity index (χ0) is 44.0. The van der Waals surface area contributed by atoms with E-state index >= 15 is 0 Å². The van der Waals surface area contributed by atoms with Crippen molar-refractivity contribution < 1.29 is 51.4 Å². The van der Waals surface area contributed by atoms with Crippen molar-refractivity contribution in [1.82, 2.24) is 25.8 Å². The van der Waals surface area contributed by atoms with Gasteiger partial charge in [-0.2, -0.15) is 0 Å². The van der Waals surface area contributed by atoms with Crippen molar-refractivity contribution >= 4 is 56.5 Å². The summed E-state index contributed by atoms with van der Waals surface area (Å²) in [4.78, 5) is 79.0. The minimum atomic E-state index is -3.58. The molecule has 0 saturated carbocycles. The van der Waals surface area contributed by atoms with Crippen molar-refractivity contribution in [2.75, 3.05) is 12.8 Å². The highest BCUT2D eigenvalue weighted by atomic mass is 32.2. The van der Waals surface area contributed by atoms with E-state index in [0.29, 0.717) is 11.1 Å². The molecule has 0 bridgehead atoms. The standard InChI is InChI=1S/C42H57N5O11S/c1-41(2,3)57-36(49)20-18-30(22-23-59(8,54)55)44-35(48)25-43-38(51)33(24-29-26-47(7)34-17-13-12-16-31(29)34)45-39(52)32(19-21-37(50)58-42(4,5)6)46-40(53)56-27-28-14-10-9-11-15-28/h9-17,22-23,26,30,32-33H,18-21,24-25,27H2,1-8H3,(H,43,51)(H,44,48)(H,45,52)(H,46,53)/b23-22+/t30-,32-,33-/m0/s1. The van der Waals surface area contributed by atoms with Crippen molar-refractivity contribution in [3.8, 4) is 0 Å². The number of sulfone groups is 1. The molecule has 0 saturated heterocycles. The molecule has 0 aliphatic heterocycles. The Morgan fingerprint density at radius 3 is 1.97 bits per heavy atom. The number of hydrogen-bond acceptors (Lipinski definition) is 11. The van der Waals surface area contributed by atoms with Crippen LogP contribution < -0.4 is 21.3 Å². The second-order valence-corrected chi connectivity index (χ2v) is 18.0. The second kappa shape index (κ2) is 21.3. The summed E-state index contributed by atoms with van der Waals surface area (Å²) in [5.74, 6) is -3.42. The number of nitrogens with one attached hydrogen (secondary N) is 4. The Morgan fingerprint density at radius 2 is 1.36 bits per heavy atom. The first-order valence-corrected chi connectivity index (χ1v) is 21.1. The molecular formula is C42H57N5O11S. The molecule has 59 heavy (non-hydrogen) atoms. The van der Waals surface area contributed by atoms with E-state index in [2.05, 4.69) is 21.3 Å². The number of hydrogen-bond donors (Lipinski definition) is 4. The minimum absolute atomic E-state index is 0.00580. The van der Waals surface area contributed by atoms with Crippen LogP contribution >= 0.6 is 0 Å². The van der Waals surface area contributed by atoms with Crippen LogP contribution in [0.15, 0.2) is 72.3 Å². The molecule has 3 aromatic rings. The molecular weight excluding hydrogens is 783 g/mol. The monoisotopic (exact) mass is 839 g/mol. The quantitative estimate of drug-likeness (QED) is 0.100. The fourth-order valence-electron chi connectivity index (χ4n) is 5.79. The predicted molar refractivity (Wildman–Crippen MR) is 221 cm³/mol. The van der Waals surface area contributed by atoms with Gasteiger partial charge in [0.05, 0.1) is 6.54 Å². The van der Waals surface area contributed by atoms with Crippen LogP contribution in [0.1, 0.15) is 78.4 Å². The number of ether oxygens (including phenoxy) is 3. The van der Waals surface area contributed by atoms with Crippen LogP contribution in [-0.4, -0.2) is 90.9 Å². The summed E-state index contributed by atoms with van der Waals surface area (Å²) in [6, 6.07) is 12.8. The molecule has 4 amide bonds. The summed E-state index contributed by atoms with van der Waals surface area (Å²) < 4.78 is 41.6. The fourth-order valence-corrected chi connectivity index (χ4v) is 6.26. The van der Waals surface area contributed by atoms with E-state index in [1.807, 2.05) is 48.1 Å². The second-order valence-electron chi connectivity index (χ2n) is 16.1. The summed E-state index contributed by atoms with van der Waals surface area (Å²) in [6.45, 7) is 9.53. The first kappa shape index (κ1) is 47.7. The molecule has 3 rings (SSSR count). The van der Waals surface area contributed by atoms with Gasteiger partial charge in [-0.3, -0.25) is 24.0 Å². The Bertz CT molecular complexity index is 2080. The molecule has 16 nitrogen and oxygen atoms in total. The first-order valence-electron chi connectivity index (χ1n) is 19.2. The number of nitrogens with zero attached hydrogens (tertiary/aromatic N) is 1.